The second kappa shape index (κ2) is 5.86. The fraction of sp³-hybridized carbons (Fsp3) is 0.111. The quantitative estimate of drug-likeness (QED) is 0.626. The molecule has 0 aliphatic carbocycles. The molecule has 7 heteroatoms. The molecule has 0 unspecified atom stereocenters. The highest BCUT2D eigenvalue weighted by molar-refractivity contribution is 6.09. The van der Waals surface area contributed by atoms with Gasteiger partial charge in [0, 0.05) is 29.7 Å². The Morgan fingerprint density at radius 1 is 1.16 bits per heavy atom. The van der Waals surface area contributed by atoms with E-state index in [-0.39, 0.29) is 5.91 Å². The van der Waals surface area contributed by atoms with Crippen LogP contribution in [0.5, 0.6) is 0 Å². The molecule has 0 bridgehead atoms. The second-order valence-electron chi connectivity index (χ2n) is 5.87. The number of amides is 1. The molecule has 1 N–H and O–H groups in total. The molecule has 2 heterocycles. The Morgan fingerprint density at radius 3 is 2.84 bits per heavy atom. The number of hydrogen-bond acceptors (Lipinski definition) is 4. The second-order valence-corrected chi connectivity index (χ2v) is 5.87. The molecule has 4 rings (SSSR count). The maximum Gasteiger partial charge on any atom is 0.255 e. The smallest absolute Gasteiger partial charge is 0.255 e. The normalized spacial score (nSPS) is 11.0. The molecule has 0 saturated heterocycles. The van der Waals surface area contributed by atoms with Gasteiger partial charge in [0.1, 0.15) is 6.33 Å². The van der Waals surface area contributed by atoms with Gasteiger partial charge in [0.05, 0.1) is 11.4 Å². The first-order valence-electron chi connectivity index (χ1n) is 7.83. The van der Waals surface area contributed by atoms with E-state index in [9.17, 15) is 4.79 Å². The summed E-state index contributed by atoms with van der Waals surface area (Å²) in [6.07, 6.45) is 3.48. The van der Waals surface area contributed by atoms with Gasteiger partial charge in [-0.25, -0.2) is 4.68 Å². The molecule has 0 aliphatic rings. The van der Waals surface area contributed by atoms with Crippen molar-refractivity contribution in [1.29, 1.82) is 0 Å². The molecule has 25 heavy (non-hydrogen) atoms. The number of carbonyl (C=O) groups excluding carboxylic acids is 1. The van der Waals surface area contributed by atoms with Gasteiger partial charge in [-0.3, -0.25) is 4.79 Å². The topological polar surface area (TPSA) is 77.6 Å². The highest BCUT2D eigenvalue weighted by atomic mass is 16.1. The number of tetrazole rings is 1. The summed E-state index contributed by atoms with van der Waals surface area (Å²) in [7, 11) is 1.98. The minimum absolute atomic E-state index is 0.175. The van der Waals surface area contributed by atoms with E-state index < -0.39 is 0 Å². The van der Waals surface area contributed by atoms with E-state index in [4.69, 9.17) is 0 Å². The number of aromatic nitrogens is 5. The van der Waals surface area contributed by atoms with Crippen LogP contribution in [0.2, 0.25) is 0 Å². The zero-order valence-corrected chi connectivity index (χ0v) is 13.8. The average molecular weight is 332 g/mol. The summed E-state index contributed by atoms with van der Waals surface area (Å²) in [6.45, 7) is 1.95. The van der Waals surface area contributed by atoms with Gasteiger partial charge in [-0.2, -0.15) is 0 Å². The molecular formula is C18H16N6O. The number of fused-ring (bicyclic) bond motifs is 1. The maximum atomic E-state index is 12.7. The summed E-state index contributed by atoms with van der Waals surface area (Å²) < 4.78 is 3.57. The summed E-state index contributed by atoms with van der Waals surface area (Å²) >= 11 is 0. The molecule has 0 aliphatic heterocycles. The lowest BCUT2D eigenvalue weighted by Gasteiger charge is -2.10. The minimum atomic E-state index is -0.175. The number of hydrogen-bond donors (Lipinski definition) is 1. The van der Waals surface area contributed by atoms with E-state index in [1.165, 1.54) is 6.33 Å². The summed E-state index contributed by atoms with van der Waals surface area (Å²) in [5.41, 5.74) is 4.15. The standard InChI is InChI=1S/C18H16N6O/c1-12-6-7-13(10-17(12)24-11-19-21-22-24)18(25)20-15-4-3-5-16-14(15)8-9-23(16)2/h3-11H,1-2H3,(H,20,25). The lowest BCUT2D eigenvalue weighted by molar-refractivity contribution is 0.102. The van der Waals surface area contributed by atoms with Crippen molar-refractivity contribution in [1.82, 2.24) is 24.8 Å². The van der Waals surface area contributed by atoms with E-state index in [0.29, 0.717) is 5.56 Å². The first-order valence-corrected chi connectivity index (χ1v) is 7.83. The number of benzene rings is 2. The monoisotopic (exact) mass is 332 g/mol. The summed E-state index contributed by atoms with van der Waals surface area (Å²) in [5.74, 6) is -0.175. The molecular weight excluding hydrogens is 316 g/mol. The van der Waals surface area contributed by atoms with Gasteiger partial charge < -0.3 is 9.88 Å². The number of carbonyl (C=O) groups is 1. The van der Waals surface area contributed by atoms with E-state index in [0.717, 1.165) is 27.8 Å². The van der Waals surface area contributed by atoms with Gasteiger partial charge in [-0.05, 0) is 53.2 Å². The fourth-order valence-electron chi connectivity index (χ4n) is 2.87. The van der Waals surface area contributed by atoms with Crippen LogP contribution in [0.1, 0.15) is 15.9 Å². The van der Waals surface area contributed by atoms with E-state index >= 15 is 0 Å². The SMILES string of the molecule is Cc1ccc(C(=O)Nc2cccc3c2ccn3C)cc1-n1cnnn1. The van der Waals surface area contributed by atoms with Crippen molar-refractivity contribution in [3.05, 3.63) is 66.1 Å². The van der Waals surface area contributed by atoms with Crippen LogP contribution in [0.25, 0.3) is 16.6 Å². The molecule has 1 amide bonds. The zero-order valence-electron chi connectivity index (χ0n) is 13.8. The fourth-order valence-corrected chi connectivity index (χ4v) is 2.87. The van der Waals surface area contributed by atoms with Crippen LogP contribution in [0.3, 0.4) is 0 Å². The predicted octanol–water partition coefficient (Wildman–Crippen LogP) is 2.71. The molecule has 0 atom stereocenters. The van der Waals surface area contributed by atoms with Crippen molar-refractivity contribution in [2.45, 2.75) is 6.92 Å². The Morgan fingerprint density at radius 2 is 2.04 bits per heavy atom. The zero-order chi connectivity index (χ0) is 17.4. The van der Waals surface area contributed by atoms with Gasteiger partial charge in [0.25, 0.3) is 5.91 Å². The van der Waals surface area contributed by atoms with E-state index in [1.807, 2.05) is 55.1 Å². The van der Waals surface area contributed by atoms with Crippen molar-refractivity contribution in [3.8, 4) is 5.69 Å². The first-order chi connectivity index (χ1) is 12.1. The van der Waals surface area contributed by atoms with Crippen LogP contribution >= 0.6 is 0 Å². The Hall–Kier alpha value is -3.48. The van der Waals surface area contributed by atoms with Crippen molar-refractivity contribution < 1.29 is 4.79 Å². The number of anilines is 1. The van der Waals surface area contributed by atoms with E-state index in [1.54, 1.807) is 16.8 Å². The largest absolute Gasteiger partial charge is 0.350 e. The van der Waals surface area contributed by atoms with Crippen molar-refractivity contribution in [2.24, 2.45) is 7.05 Å². The molecule has 0 radical (unpaired) electrons. The van der Waals surface area contributed by atoms with Gasteiger partial charge in [-0.1, -0.05) is 12.1 Å². The molecule has 4 aromatic rings. The number of rotatable bonds is 3. The van der Waals surface area contributed by atoms with Gasteiger partial charge in [0.15, 0.2) is 0 Å². The average Bonchev–Trinajstić information content (AvgIpc) is 3.26. The van der Waals surface area contributed by atoms with Crippen LogP contribution < -0.4 is 5.32 Å². The number of aryl methyl sites for hydroxylation is 2. The Labute approximate surface area is 143 Å². The third-order valence-electron chi connectivity index (χ3n) is 4.24. The lowest BCUT2D eigenvalue weighted by Crippen LogP contribution is -2.13. The van der Waals surface area contributed by atoms with Crippen LogP contribution in [-0.4, -0.2) is 30.7 Å². The van der Waals surface area contributed by atoms with Gasteiger partial charge in [-0.15, -0.1) is 5.10 Å². The van der Waals surface area contributed by atoms with Crippen molar-refractivity contribution in [3.63, 3.8) is 0 Å². The van der Waals surface area contributed by atoms with Gasteiger partial charge in [0.2, 0.25) is 0 Å². The molecule has 7 nitrogen and oxygen atoms in total. The van der Waals surface area contributed by atoms with Crippen LogP contribution in [0.4, 0.5) is 5.69 Å². The van der Waals surface area contributed by atoms with E-state index in [2.05, 4.69) is 20.8 Å². The summed E-state index contributed by atoms with van der Waals surface area (Å²) in [6, 6.07) is 13.3. The highest BCUT2D eigenvalue weighted by Gasteiger charge is 2.12. The van der Waals surface area contributed by atoms with Crippen LogP contribution in [0.15, 0.2) is 55.0 Å². The first kappa shape index (κ1) is 15.1. The van der Waals surface area contributed by atoms with Crippen molar-refractivity contribution >= 4 is 22.5 Å². The van der Waals surface area contributed by atoms with Crippen LogP contribution in [0, 0.1) is 6.92 Å². The lowest BCUT2D eigenvalue weighted by atomic mass is 10.1. The minimum Gasteiger partial charge on any atom is -0.350 e. The Kier molecular flexibility index (Phi) is 3.53. The van der Waals surface area contributed by atoms with Gasteiger partial charge >= 0.3 is 0 Å². The number of nitrogens with one attached hydrogen (secondary N) is 1. The Balaban J connectivity index is 1.68. The van der Waals surface area contributed by atoms with Crippen molar-refractivity contribution in [2.75, 3.05) is 5.32 Å². The third-order valence-corrected chi connectivity index (χ3v) is 4.24. The highest BCUT2D eigenvalue weighted by Crippen LogP contribution is 2.25. The molecule has 124 valence electrons. The Bertz CT molecular complexity index is 1060. The summed E-state index contributed by atoms with van der Waals surface area (Å²) in [5, 5.41) is 15.2. The molecule has 2 aromatic heterocycles. The predicted molar refractivity (Wildman–Crippen MR) is 94.8 cm³/mol. The molecule has 2 aromatic carbocycles. The van der Waals surface area contributed by atoms with Crippen LogP contribution in [-0.2, 0) is 7.05 Å². The third kappa shape index (κ3) is 2.65. The number of nitrogens with zero attached hydrogens (tertiary/aromatic N) is 5. The molecule has 0 spiro atoms. The maximum absolute atomic E-state index is 12.7. The summed E-state index contributed by atoms with van der Waals surface area (Å²) in [4.78, 5) is 12.7. The molecule has 0 fully saturated rings. The molecule has 0 saturated carbocycles.